The van der Waals surface area contributed by atoms with Crippen LogP contribution in [0, 0.1) is 0 Å². The normalized spacial score (nSPS) is 14.4. The summed E-state index contributed by atoms with van der Waals surface area (Å²) in [5.74, 6) is -0.833. The van der Waals surface area contributed by atoms with Crippen molar-refractivity contribution in [2.24, 2.45) is 0 Å². The Hall–Kier alpha value is -0.610. The fourth-order valence-corrected chi connectivity index (χ4v) is 0.802. The highest BCUT2D eigenvalue weighted by Gasteiger charge is 1.93. The van der Waals surface area contributed by atoms with E-state index in [0.29, 0.717) is 0 Å². The van der Waals surface area contributed by atoms with Gasteiger partial charge in [-0.15, -0.1) is 0 Å². The van der Waals surface area contributed by atoms with Crippen molar-refractivity contribution in [2.75, 3.05) is 19.7 Å². The molecule has 1 fully saturated rings. The monoisotopic (exact) mass is 191 g/mol. The molecule has 80 valence electrons. The number of rotatable bonds is 0. The van der Waals surface area contributed by atoms with Crippen molar-refractivity contribution in [3.63, 3.8) is 0 Å². The summed E-state index contributed by atoms with van der Waals surface area (Å²) in [4.78, 5) is 9.00. The number of carboxylic acids is 1. The lowest BCUT2D eigenvalue weighted by Gasteiger charge is -2.08. The molecule has 0 amide bonds. The lowest BCUT2D eigenvalue weighted by molar-refractivity contribution is -0.134. The Morgan fingerprint density at radius 2 is 1.62 bits per heavy atom. The first-order valence-corrected chi connectivity index (χ1v) is 4.66. The number of carbonyl (C=O) groups is 1. The minimum Gasteiger partial charge on any atom is -0.481 e. The molecular formula is C9H21NO3. The largest absolute Gasteiger partial charge is 0.481 e. The molecule has 4 nitrogen and oxygen atoms in total. The average molecular weight is 191 g/mol. The third-order valence-electron chi connectivity index (χ3n) is 1.21. The van der Waals surface area contributed by atoms with E-state index in [1.54, 1.807) is 6.92 Å². The quantitative estimate of drug-likeness (QED) is 0.531. The van der Waals surface area contributed by atoms with E-state index in [1.807, 2.05) is 0 Å². The molecule has 0 unspecified atom stereocenters. The van der Waals surface area contributed by atoms with Gasteiger partial charge in [0, 0.05) is 13.5 Å². The van der Waals surface area contributed by atoms with E-state index in [4.69, 9.17) is 15.0 Å². The van der Waals surface area contributed by atoms with Gasteiger partial charge in [-0.05, 0) is 32.9 Å². The number of piperidine rings is 1. The van der Waals surface area contributed by atoms with Gasteiger partial charge in [0.1, 0.15) is 0 Å². The first-order chi connectivity index (χ1) is 6.15. The number of hydrogen-bond acceptors (Lipinski definition) is 3. The molecule has 1 aliphatic rings. The van der Waals surface area contributed by atoms with Crippen molar-refractivity contribution in [2.45, 2.75) is 33.1 Å². The van der Waals surface area contributed by atoms with Gasteiger partial charge in [-0.2, -0.15) is 0 Å². The second kappa shape index (κ2) is 13.9. The summed E-state index contributed by atoms with van der Waals surface area (Å²) in [7, 11) is 0. The number of hydrogen-bond donors (Lipinski definition) is 3. The summed E-state index contributed by atoms with van der Waals surface area (Å²) in [5, 5.41) is 18.3. The van der Waals surface area contributed by atoms with Crippen LogP contribution in [0.5, 0.6) is 0 Å². The van der Waals surface area contributed by atoms with Crippen molar-refractivity contribution in [3.8, 4) is 0 Å². The van der Waals surface area contributed by atoms with Gasteiger partial charge in [0.15, 0.2) is 0 Å². The van der Waals surface area contributed by atoms with E-state index >= 15 is 0 Å². The van der Waals surface area contributed by atoms with Crippen LogP contribution in [-0.4, -0.2) is 35.9 Å². The van der Waals surface area contributed by atoms with Crippen LogP contribution >= 0.6 is 0 Å². The molecule has 13 heavy (non-hydrogen) atoms. The highest BCUT2D eigenvalue weighted by Crippen LogP contribution is 1.96. The van der Waals surface area contributed by atoms with Crippen LogP contribution < -0.4 is 5.32 Å². The van der Waals surface area contributed by atoms with Gasteiger partial charge in [-0.1, -0.05) is 6.42 Å². The Morgan fingerprint density at radius 3 is 1.69 bits per heavy atom. The summed E-state index contributed by atoms with van der Waals surface area (Å²) in [6.45, 7) is 5.51. The fraction of sp³-hybridized carbons (Fsp3) is 0.889. The smallest absolute Gasteiger partial charge is 0.300 e. The highest BCUT2D eigenvalue weighted by atomic mass is 16.4. The molecule has 0 bridgehead atoms. The molecule has 1 heterocycles. The van der Waals surface area contributed by atoms with Crippen LogP contribution in [0.1, 0.15) is 33.1 Å². The van der Waals surface area contributed by atoms with Gasteiger partial charge < -0.3 is 15.5 Å². The van der Waals surface area contributed by atoms with Crippen LogP contribution in [0.3, 0.4) is 0 Å². The van der Waals surface area contributed by atoms with Crippen LogP contribution in [0.2, 0.25) is 0 Å². The summed E-state index contributed by atoms with van der Waals surface area (Å²) >= 11 is 0. The zero-order valence-corrected chi connectivity index (χ0v) is 8.55. The molecule has 0 aromatic carbocycles. The SMILES string of the molecule is C1CCNCC1.CC(=O)O.CCO. The van der Waals surface area contributed by atoms with E-state index in [2.05, 4.69) is 5.32 Å². The molecule has 0 saturated carbocycles. The Kier molecular flexibility index (Phi) is 16.0. The number of aliphatic hydroxyl groups excluding tert-OH is 1. The van der Waals surface area contributed by atoms with Gasteiger partial charge in [-0.3, -0.25) is 4.79 Å². The van der Waals surface area contributed by atoms with E-state index in [9.17, 15) is 0 Å². The summed E-state index contributed by atoms with van der Waals surface area (Å²) in [5.41, 5.74) is 0. The highest BCUT2D eigenvalue weighted by molar-refractivity contribution is 5.62. The van der Waals surface area contributed by atoms with Crippen LogP contribution in [-0.2, 0) is 4.79 Å². The Balaban J connectivity index is 0. The minimum absolute atomic E-state index is 0.250. The molecule has 1 saturated heterocycles. The Labute approximate surface area is 80.0 Å². The van der Waals surface area contributed by atoms with E-state index in [0.717, 1.165) is 6.92 Å². The second-order valence-electron chi connectivity index (χ2n) is 2.65. The molecule has 4 heteroatoms. The minimum atomic E-state index is -0.833. The van der Waals surface area contributed by atoms with E-state index in [-0.39, 0.29) is 6.61 Å². The summed E-state index contributed by atoms with van der Waals surface area (Å²) < 4.78 is 0. The van der Waals surface area contributed by atoms with Gasteiger partial charge in [0.2, 0.25) is 0 Å². The maximum atomic E-state index is 9.00. The molecular weight excluding hydrogens is 170 g/mol. The molecule has 0 aliphatic carbocycles. The van der Waals surface area contributed by atoms with E-state index in [1.165, 1.54) is 32.4 Å². The lowest BCUT2D eigenvalue weighted by Crippen LogP contribution is -2.21. The van der Waals surface area contributed by atoms with Crippen molar-refractivity contribution in [3.05, 3.63) is 0 Å². The van der Waals surface area contributed by atoms with E-state index < -0.39 is 5.97 Å². The van der Waals surface area contributed by atoms with Crippen LogP contribution in [0.15, 0.2) is 0 Å². The van der Waals surface area contributed by atoms with Crippen molar-refractivity contribution >= 4 is 5.97 Å². The maximum Gasteiger partial charge on any atom is 0.300 e. The van der Waals surface area contributed by atoms with Gasteiger partial charge in [0.05, 0.1) is 0 Å². The molecule has 0 spiro atoms. The molecule has 1 aliphatic heterocycles. The predicted molar refractivity (Wildman–Crippen MR) is 52.8 cm³/mol. The second-order valence-corrected chi connectivity index (χ2v) is 2.65. The third kappa shape index (κ3) is 34.6. The fourth-order valence-electron chi connectivity index (χ4n) is 0.802. The molecule has 0 aromatic heterocycles. The number of aliphatic carboxylic acids is 1. The Morgan fingerprint density at radius 1 is 1.31 bits per heavy atom. The molecule has 3 N–H and O–H groups in total. The first-order valence-electron chi connectivity index (χ1n) is 4.66. The summed E-state index contributed by atoms with van der Waals surface area (Å²) in [6.07, 6.45) is 4.22. The third-order valence-corrected chi connectivity index (χ3v) is 1.21. The average Bonchev–Trinajstić information content (AvgIpc) is 2.08. The van der Waals surface area contributed by atoms with Gasteiger partial charge in [-0.25, -0.2) is 0 Å². The molecule has 1 rings (SSSR count). The van der Waals surface area contributed by atoms with Gasteiger partial charge in [0.25, 0.3) is 5.97 Å². The van der Waals surface area contributed by atoms with Crippen LogP contribution in [0.25, 0.3) is 0 Å². The number of aliphatic hydroxyl groups is 1. The van der Waals surface area contributed by atoms with Crippen molar-refractivity contribution in [1.29, 1.82) is 0 Å². The number of carboxylic acid groups (broad SMARTS) is 1. The summed E-state index contributed by atoms with van der Waals surface area (Å²) in [6, 6.07) is 0. The standard InChI is InChI=1S/C5H11N.C2H4O2.C2H6O/c1-2-4-6-5-3-1;1-2(3)4;1-2-3/h6H,1-5H2;1H3,(H,3,4);3H,2H2,1H3. The maximum absolute atomic E-state index is 9.00. The van der Waals surface area contributed by atoms with Crippen LogP contribution in [0.4, 0.5) is 0 Å². The molecule has 0 atom stereocenters. The first kappa shape index (κ1) is 14.9. The van der Waals surface area contributed by atoms with Gasteiger partial charge >= 0.3 is 0 Å². The van der Waals surface area contributed by atoms with Crippen molar-refractivity contribution in [1.82, 2.24) is 5.32 Å². The number of nitrogens with one attached hydrogen (secondary N) is 1. The predicted octanol–water partition coefficient (Wildman–Crippen LogP) is 0.849. The lowest BCUT2D eigenvalue weighted by atomic mass is 10.2. The van der Waals surface area contributed by atoms with Crippen molar-refractivity contribution < 1.29 is 15.0 Å². The Bertz CT molecular complexity index is 87.5. The molecule has 0 radical (unpaired) electrons. The molecule has 0 aromatic rings. The topological polar surface area (TPSA) is 69.6 Å². The zero-order valence-electron chi connectivity index (χ0n) is 8.55. The zero-order chi connectivity index (χ0) is 10.5.